The first-order chi connectivity index (χ1) is 10.3. The van der Waals surface area contributed by atoms with Crippen molar-refractivity contribution in [3.05, 3.63) is 29.7 Å². The quantitative estimate of drug-likeness (QED) is 0.800. The molecule has 21 heavy (non-hydrogen) atoms. The molecule has 4 heteroatoms. The van der Waals surface area contributed by atoms with Crippen LogP contribution in [0, 0.1) is 6.92 Å². The Balaban J connectivity index is 1.92. The molecular weight excluding hydrogens is 260 g/mol. The lowest BCUT2D eigenvalue weighted by atomic mass is 10.1. The summed E-state index contributed by atoms with van der Waals surface area (Å²) in [5.41, 5.74) is 2.62. The van der Waals surface area contributed by atoms with Gasteiger partial charge in [-0.2, -0.15) is 0 Å². The van der Waals surface area contributed by atoms with Crippen molar-refractivity contribution in [1.82, 2.24) is 14.9 Å². The largest absolute Gasteiger partial charge is 0.356 e. The molecule has 0 unspecified atom stereocenters. The number of rotatable bonds is 3. The molecular formula is C17H26N4. The molecule has 114 valence electrons. The van der Waals surface area contributed by atoms with E-state index in [1.54, 1.807) is 0 Å². The van der Waals surface area contributed by atoms with Gasteiger partial charge in [0, 0.05) is 44.7 Å². The summed E-state index contributed by atoms with van der Waals surface area (Å²) in [6.07, 6.45) is 8.30. The van der Waals surface area contributed by atoms with Crippen LogP contribution in [-0.4, -0.2) is 41.0 Å². The normalized spacial score (nSPS) is 20.0. The number of aryl methyl sites for hydroxylation is 1. The third-order valence-electron chi connectivity index (χ3n) is 4.52. The van der Waals surface area contributed by atoms with Gasteiger partial charge in [0.25, 0.3) is 0 Å². The minimum atomic E-state index is 0.921. The Kier molecular flexibility index (Phi) is 4.54. The third kappa shape index (κ3) is 3.26. The van der Waals surface area contributed by atoms with Crippen molar-refractivity contribution in [1.29, 1.82) is 0 Å². The molecule has 0 bridgehead atoms. The molecule has 2 aliphatic heterocycles. The molecule has 2 aliphatic rings. The summed E-state index contributed by atoms with van der Waals surface area (Å²) in [6, 6.07) is 0. The van der Waals surface area contributed by atoms with Gasteiger partial charge in [-0.15, -0.1) is 6.58 Å². The van der Waals surface area contributed by atoms with Gasteiger partial charge in [-0.05, 0) is 19.8 Å². The van der Waals surface area contributed by atoms with Gasteiger partial charge >= 0.3 is 0 Å². The molecule has 0 amide bonds. The van der Waals surface area contributed by atoms with Crippen LogP contribution < -0.4 is 4.90 Å². The van der Waals surface area contributed by atoms with Gasteiger partial charge in [-0.25, -0.2) is 9.97 Å². The van der Waals surface area contributed by atoms with Gasteiger partial charge < -0.3 is 4.90 Å². The predicted octanol–water partition coefficient (Wildman–Crippen LogP) is 2.71. The summed E-state index contributed by atoms with van der Waals surface area (Å²) in [4.78, 5) is 14.4. The molecule has 1 fully saturated rings. The number of nitrogens with zero attached hydrogens (tertiary/aromatic N) is 4. The Hall–Kier alpha value is -1.42. The van der Waals surface area contributed by atoms with E-state index < -0.39 is 0 Å². The fraction of sp³-hybridized carbons (Fsp3) is 0.647. The second-order valence-electron chi connectivity index (χ2n) is 6.19. The topological polar surface area (TPSA) is 32.3 Å². The van der Waals surface area contributed by atoms with E-state index in [-0.39, 0.29) is 0 Å². The van der Waals surface area contributed by atoms with Crippen LogP contribution >= 0.6 is 0 Å². The summed E-state index contributed by atoms with van der Waals surface area (Å²) in [7, 11) is 0. The van der Waals surface area contributed by atoms with E-state index in [0.29, 0.717) is 0 Å². The number of anilines is 1. The second kappa shape index (κ2) is 6.56. The standard InChI is InChI=1S/C17H26N4/c1-3-9-20-12-8-16-15(13-20)17(19-14(2)18-16)21-10-6-4-5-7-11-21/h3H,1,4-13H2,2H3. The van der Waals surface area contributed by atoms with Crippen LogP contribution in [0.3, 0.4) is 0 Å². The van der Waals surface area contributed by atoms with E-state index in [9.17, 15) is 0 Å². The predicted molar refractivity (Wildman–Crippen MR) is 86.6 cm³/mol. The molecule has 1 aromatic rings. The van der Waals surface area contributed by atoms with Gasteiger partial charge in [-0.1, -0.05) is 18.9 Å². The molecule has 0 aromatic carbocycles. The van der Waals surface area contributed by atoms with E-state index in [0.717, 1.165) is 45.0 Å². The van der Waals surface area contributed by atoms with Crippen LogP contribution in [0.1, 0.15) is 42.8 Å². The highest BCUT2D eigenvalue weighted by Crippen LogP contribution is 2.28. The van der Waals surface area contributed by atoms with E-state index in [4.69, 9.17) is 9.97 Å². The molecule has 0 aliphatic carbocycles. The summed E-state index contributed by atoms with van der Waals surface area (Å²) in [5.74, 6) is 2.12. The molecule has 1 aromatic heterocycles. The first-order valence-electron chi connectivity index (χ1n) is 8.22. The van der Waals surface area contributed by atoms with Crippen LogP contribution in [0.2, 0.25) is 0 Å². The minimum Gasteiger partial charge on any atom is -0.356 e. The van der Waals surface area contributed by atoms with Crippen molar-refractivity contribution < 1.29 is 0 Å². The number of aromatic nitrogens is 2. The van der Waals surface area contributed by atoms with Gasteiger partial charge in [0.1, 0.15) is 11.6 Å². The smallest absolute Gasteiger partial charge is 0.137 e. The van der Waals surface area contributed by atoms with Gasteiger partial charge in [0.15, 0.2) is 0 Å². The van der Waals surface area contributed by atoms with Crippen molar-refractivity contribution >= 4 is 5.82 Å². The molecule has 3 rings (SSSR count). The van der Waals surface area contributed by atoms with Crippen LogP contribution in [0.4, 0.5) is 5.82 Å². The molecule has 0 saturated carbocycles. The number of hydrogen-bond acceptors (Lipinski definition) is 4. The van der Waals surface area contributed by atoms with Crippen molar-refractivity contribution in [3.8, 4) is 0 Å². The molecule has 3 heterocycles. The maximum atomic E-state index is 4.81. The Bertz CT molecular complexity index is 504. The average molecular weight is 286 g/mol. The van der Waals surface area contributed by atoms with Crippen LogP contribution in [0.15, 0.2) is 12.7 Å². The van der Waals surface area contributed by atoms with Gasteiger partial charge in [0.05, 0.1) is 5.69 Å². The van der Waals surface area contributed by atoms with Crippen LogP contribution in [0.5, 0.6) is 0 Å². The lowest BCUT2D eigenvalue weighted by Crippen LogP contribution is -2.35. The monoisotopic (exact) mass is 286 g/mol. The van der Waals surface area contributed by atoms with Crippen molar-refractivity contribution in [2.75, 3.05) is 31.1 Å². The lowest BCUT2D eigenvalue weighted by Gasteiger charge is -2.32. The molecule has 4 nitrogen and oxygen atoms in total. The first-order valence-corrected chi connectivity index (χ1v) is 8.22. The highest BCUT2D eigenvalue weighted by Gasteiger charge is 2.24. The van der Waals surface area contributed by atoms with E-state index in [2.05, 4.69) is 16.4 Å². The average Bonchev–Trinajstić information content (AvgIpc) is 2.76. The van der Waals surface area contributed by atoms with Gasteiger partial charge in [-0.3, -0.25) is 4.90 Å². The second-order valence-corrected chi connectivity index (χ2v) is 6.19. The summed E-state index contributed by atoms with van der Waals surface area (Å²) < 4.78 is 0. The third-order valence-corrected chi connectivity index (χ3v) is 4.52. The number of fused-ring (bicyclic) bond motifs is 1. The fourth-order valence-corrected chi connectivity index (χ4v) is 3.46. The minimum absolute atomic E-state index is 0.921. The van der Waals surface area contributed by atoms with Crippen molar-refractivity contribution in [3.63, 3.8) is 0 Å². The summed E-state index contributed by atoms with van der Waals surface area (Å²) in [6.45, 7) is 11.2. The van der Waals surface area contributed by atoms with Crippen LogP contribution in [-0.2, 0) is 13.0 Å². The van der Waals surface area contributed by atoms with Gasteiger partial charge in [0.2, 0.25) is 0 Å². The van der Waals surface area contributed by atoms with Crippen molar-refractivity contribution in [2.45, 2.75) is 45.6 Å². The van der Waals surface area contributed by atoms with E-state index in [1.807, 2.05) is 13.0 Å². The zero-order valence-corrected chi connectivity index (χ0v) is 13.1. The number of hydrogen-bond donors (Lipinski definition) is 0. The Morgan fingerprint density at radius 3 is 2.57 bits per heavy atom. The Morgan fingerprint density at radius 1 is 1.10 bits per heavy atom. The molecule has 1 saturated heterocycles. The zero-order chi connectivity index (χ0) is 14.7. The lowest BCUT2D eigenvalue weighted by molar-refractivity contribution is 0.278. The van der Waals surface area contributed by atoms with E-state index >= 15 is 0 Å². The summed E-state index contributed by atoms with van der Waals surface area (Å²) in [5, 5.41) is 0. The summed E-state index contributed by atoms with van der Waals surface area (Å²) >= 11 is 0. The molecule has 0 N–H and O–H groups in total. The SMILES string of the molecule is C=CCN1CCc2nc(C)nc(N3CCCCCC3)c2C1. The van der Waals surface area contributed by atoms with Crippen LogP contribution in [0.25, 0.3) is 0 Å². The van der Waals surface area contributed by atoms with Crippen molar-refractivity contribution in [2.24, 2.45) is 0 Å². The maximum Gasteiger partial charge on any atom is 0.137 e. The molecule has 0 spiro atoms. The molecule has 0 atom stereocenters. The maximum absolute atomic E-state index is 4.81. The Morgan fingerprint density at radius 2 is 1.86 bits per heavy atom. The first kappa shape index (κ1) is 14.5. The zero-order valence-electron chi connectivity index (χ0n) is 13.1. The highest BCUT2D eigenvalue weighted by molar-refractivity contribution is 5.50. The highest BCUT2D eigenvalue weighted by atomic mass is 15.2. The molecule has 0 radical (unpaired) electrons. The fourth-order valence-electron chi connectivity index (χ4n) is 3.46. The Labute approximate surface area is 127 Å². The van der Waals surface area contributed by atoms with E-state index in [1.165, 1.54) is 42.8 Å².